The first-order valence-electron chi connectivity index (χ1n) is 32.7. The molecule has 0 bridgehead atoms. The van der Waals surface area contributed by atoms with Crippen LogP contribution in [0.25, 0.3) is 11.1 Å². The number of anilines is 9. The van der Waals surface area contributed by atoms with Crippen LogP contribution in [0.2, 0.25) is 0 Å². The Labute approximate surface area is 514 Å². The van der Waals surface area contributed by atoms with E-state index < -0.39 is 6.85 Å². The maximum atomic E-state index is 9.54. The maximum Gasteiger partial charge on any atom is 0.252 e. The highest BCUT2D eigenvalue weighted by molar-refractivity contribution is 7.00. The first-order chi connectivity index (χ1) is 41.1. The van der Waals surface area contributed by atoms with Crippen molar-refractivity contribution in [2.75, 3.05) is 14.7 Å². The maximum absolute atomic E-state index is 9.54. The van der Waals surface area contributed by atoms with Crippen molar-refractivity contribution in [2.45, 2.75) is 176 Å². The zero-order valence-corrected chi connectivity index (χ0v) is 53.9. The molecule has 2 heterocycles. The molecule has 4 heteroatoms. The monoisotopic (exact) mass is 1120 g/mol. The summed E-state index contributed by atoms with van der Waals surface area (Å²) in [5.74, 6) is 0. The molecule has 0 fully saturated rings. The van der Waals surface area contributed by atoms with Gasteiger partial charge < -0.3 is 14.7 Å². The van der Waals surface area contributed by atoms with Gasteiger partial charge in [0.1, 0.15) is 0 Å². The van der Waals surface area contributed by atoms with E-state index in [-0.39, 0.29) is 44.6 Å². The van der Waals surface area contributed by atoms with E-state index in [1.54, 1.807) is 0 Å². The van der Waals surface area contributed by atoms with E-state index in [0.717, 1.165) is 79.8 Å². The van der Waals surface area contributed by atoms with E-state index in [4.69, 9.17) is 0 Å². The molecule has 0 saturated carbocycles. The fourth-order valence-corrected chi connectivity index (χ4v) is 15.6. The van der Waals surface area contributed by atoms with Crippen LogP contribution in [-0.4, -0.2) is 6.71 Å². The largest absolute Gasteiger partial charge is 0.311 e. The number of fused-ring (bicyclic) bond motifs is 7. The molecule has 0 spiro atoms. The molecule has 0 atom stereocenters. The van der Waals surface area contributed by atoms with Gasteiger partial charge in [0.05, 0.1) is 5.69 Å². The van der Waals surface area contributed by atoms with Gasteiger partial charge in [0.25, 0.3) is 6.71 Å². The van der Waals surface area contributed by atoms with E-state index in [1.807, 2.05) is 12.1 Å². The molecule has 2 aliphatic heterocycles. The number of aryl methyl sites for hydroxylation is 2. The van der Waals surface area contributed by atoms with E-state index in [2.05, 4.69) is 303 Å². The van der Waals surface area contributed by atoms with Gasteiger partial charge in [-0.15, -0.1) is 0 Å². The molecule has 4 aliphatic rings. The Kier molecular flexibility index (Phi) is 11.8. The molecule has 0 radical (unpaired) electrons. The normalized spacial score (nSPS) is 17.3. The van der Waals surface area contributed by atoms with Crippen LogP contribution in [0.15, 0.2) is 176 Å². The Balaban J connectivity index is 1.17. The first kappa shape index (κ1) is 53.0. The lowest BCUT2D eigenvalue weighted by Crippen LogP contribution is -2.61. The molecule has 0 unspecified atom stereocenters. The van der Waals surface area contributed by atoms with Gasteiger partial charge in [0.15, 0.2) is 0 Å². The van der Waals surface area contributed by atoms with Gasteiger partial charge >= 0.3 is 0 Å². The van der Waals surface area contributed by atoms with Gasteiger partial charge in [0.2, 0.25) is 0 Å². The molecule has 9 aromatic rings. The minimum atomic E-state index is -2.46. The van der Waals surface area contributed by atoms with Crippen LogP contribution in [0, 0.1) is 13.8 Å². The average molecular weight is 1120 g/mol. The van der Waals surface area contributed by atoms with Crippen LogP contribution in [0.1, 0.15) is 189 Å². The minimum absolute atomic E-state index is 0.0294. The Bertz CT molecular complexity index is 4240. The van der Waals surface area contributed by atoms with Gasteiger partial charge in [-0.25, -0.2) is 0 Å². The summed E-state index contributed by atoms with van der Waals surface area (Å²) in [4.78, 5) is 7.37. The second-order valence-electron chi connectivity index (χ2n) is 30.9. The van der Waals surface area contributed by atoms with Crippen molar-refractivity contribution in [3.8, 4) is 11.1 Å². The molecule has 9 aromatic carbocycles. The van der Waals surface area contributed by atoms with Crippen LogP contribution in [0.4, 0.5) is 51.2 Å². The smallest absolute Gasteiger partial charge is 0.252 e. The summed E-state index contributed by atoms with van der Waals surface area (Å²) in [5, 5.41) is 0. The highest BCUT2D eigenvalue weighted by Gasteiger charge is 2.50. The summed E-state index contributed by atoms with van der Waals surface area (Å²) in [6, 6.07) is 66.3. The van der Waals surface area contributed by atoms with Crippen molar-refractivity contribution >= 4 is 74.3 Å². The molecule has 0 aromatic heterocycles. The Hall–Kier alpha value is -7.56. The highest BCUT2D eigenvalue weighted by atomic mass is 15.2. The number of hydrogen-bond acceptors (Lipinski definition) is 3. The summed E-state index contributed by atoms with van der Waals surface area (Å²) in [6.45, 7) is 39.2. The van der Waals surface area contributed by atoms with Crippen LogP contribution in [0.5, 0.6) is 0 Å². The van der Waals surface area contributed by atoms with E-state index in [0.29, 0.717) is 5.56 Å². The van der Waals surface area contributed by atoms with Crippen LogP contribution < -0.4 is 31.1 Å². The summed E-state index contributed by atoms with van der Waals surface area (Å²) < 4.78 is 28.6. The predicted molar refractivity (Wildman–Crippen MR) is 368 cm³/mol. The molecule has 2 aliphatic carbocycles. The summed E-state index contributed by atoms with van der Waals surface area (Å²) in [6.07, 6.45) is 1.01. The zero-order valence-electron chi connectivity index (χ0n) is 56.9. The van der Waals surface area contributed by atoms with Gasteiger partial charge in [-0.2, -0.15) is 0 Å². The number of nitrogens with zero attached hydrogens (tertiary/aromatic N) is 3. The van der Waals surface area contributed by atoms with E-state index in [9.17, 15) is 4.11 Å². The molecular formula is C81H88BN3. The van der Waals surface area contributed by atoms with Crippen LogP contribution >= 0.6 is 0 Å². The third-order valence-electron chi connectivity index (χ3n) is 20.2. The van der Waals surface area contributed by atoms with Gasteiger partial charge in [-0.3, -0.25) is 0 Å². The Morgan fingerprint density at radius 3 is 1.42 bits per heavy atom. The summed E-state index contributed by atoms with van der Waals surface area (Å²) in [5.41, 5.74) is 26.9. The lowest BCUT2D eigenvalue weighted by atomic mass is 9.33. The fourth-order valence-electron chi connectivity index (χ4n) is 15.6. The van der Waals surface area contributed by atoms with E-state index >= 15 is 0 Å². The van der Waals surface area contributed by atoms with Crippen molar-refractivity contribution in [1.82, 2.24) is 0 Å². The zero-order chi connectivity index (χ0) is 63.0. The van der Waals surface area contributed by atoms with Crippen molar-refractivity contribution in [3.63, 3.8) is 0 Å². The number of rotatable bonds is 6. The molecule has 85 heavy (non-hydrogen) atoms. The summed E-state index contributed by atoms with van der Waals surface area (Å²) >= 11 is 0. The first-order valence-corrected chi connectivity index (χ1v) is 31.2. The molecular weight excluding hydrogens is 1030 g/mol. The van der Waals surface area contributed by atoms with Crippen molar-refractivity contribution in [2.24, 2.45) is 0 Å². The highest BCUT2D eigenvalue weighted by Crippen LogP contribution is 2.56. The SMILES string of the molecule is [2H]C([2H])([2H])c1cc2c3c(c1)N(c1ccc(C(C)(C)C)cc1-c1ccccc1)c1cc4c(cc1B3c1ccc(N(c3ccc(C(C)(C)C)cc3)c3ccc(C(C)(C)C)cc3)cc1N2c1cc2c(cc1C)C(C)(C)c1ccccc1C2(C)C)C(C)(C)CC4(C)C. The van der Waals surface area contributed by atoms with Crippen LogP contribution in [0.3, 0.4) is 0 Å². The number of hydrogen-bond donors (Lipinski definition) is 0. The lowest BCUT2D eigenvalue weighted by molar-refractivity contribution is 0.403. The minimum Gasteiger partial charge on any atom is -0.311 e. The molecule has 0 saturated heterocycles. The van der Waals surface area contributed by atoms with Crippen molar-refractivity contribution in [1.29, 1.82) is 0 Å². The van der Waals surface area contributed by atoms with Crippen LogP contribution in [-0.2, 0) is 37.9 Å². The van der Waals surface area contributed by atoms with Gasteiger partial charge in [-0.05, 0) is 203 Å². The third-order valence-corrected chi connectivity index (χ3v) is 20.2. The predicted octanol–water partition coefficient (Wildman–Crippen LogP) is 20.3. The second-order valence-corrected chi connectivity index (χ2v) is 30.9. The lowest BCUT2D eigenvalue weighted by Gasteiger charge is -2.47. The molecule has 0 amide bonds. The van der Waals surface area contributed by atoms with Crippen molar-refractivity contribution < 1.29 is 4.11 Å². The quantitative estimate of drug-likeness (QED) is 0.154. The fraction of sp³-hybridized carbons (Fsp3) is 0.333. The van der Waals surface area contributed by atoms with E-state index in [1.165, 1.54) is 61.0 Å². The molecule has 3 nitrogen and oxygen atoms in total. The number of benzene rings is 9. The van der Waals surface area contributed by atoms with Gasteiger partial charge in [-0.1, -0.05) is 221 Å². The Morgan fingerprint density at radius 1 is 0.412 bits per heavy atom. The third kappa shape index (κ3) is 8.96. The average Bonchev–Trinajstić information content (AvgIpc) is 1.12. The summed E-state index contributed by atoms with van der Waals surface area (Å²) in [7, 11) is 0. The molecule has 0 N–H and O–H groups in total. The molecule has 430 valence electrons. The molecule has 13 rings (SSSR count). The second kappa shape index (κ2) is 19.0. The standard InChI is InChI=1S/C81H88BN3/c1-50-41-72-74-73(42-50)85(69-48-65-64(43-51(69)2)80(16,17)60-27-23-24-28-61(60)81(65,18)19)70-45-58(83(56-34-29-53(30-35-56)75(3,4)5)57-36-31-54(32-37-57)76(6,7)8)38-39-66(70)82(74)67-46-62-63(79(14,15)49-78(62,12)13)47-71(67)84(72)68-40-33-55(77(9,10)11)44-59(68)52-25-21-20-22-26-52/h20-48H,49H2,1-19H3/i1D3. The van der Waals surface area contributed by atoms with Gasteiger partial charge in [0, 0.05) is 66.0 Å². The Morgan fingerprint density at radius 2 is 0.882 bits per heavy atom. The topological polar surface area (TPSA) is 9.72 Å². The van der Waals surface area contributed by atoms with Crippen molar-refractivity contribution in [3.05, 3.63) is 237 Å².